The van der Waals surface area contributed by atoms with Crippen molar-refractivity contribution in [1.82, 2.24) is 14.9 Å². The number of hydrogen-bond donors (Lipinski definition) is 2. The van der Waals surface area contributed by atoms with Gasteiger partial charge in [0.15, 0.2) is 6.19 Å². The molecule has 1 aromatic carbocycles. The van der Waals surface area contributed by atoms with Crippen molar-refractivity contribution in [3.05, 3.63) is 42.7 Å². The van der Waals surface area contributed by atoms with Gasteiger partial charge in [-0.25, -0.2) is 4.98 Å². The van der Waals surface area contributed by atoms with E-state index in [4.69, 9.17) is 10.7 Å². The Hall–Kier alpha value is -2.61. The number of aromatic nitrogens is 2. The Morgan fingerprint density at radius 1 is 1.38 bits per heavy atom. The molecule has 78 valence electrons. The third-order valence-electron chi connectivity index (χ3n) is 2.09. The maximum atomic E-state index is 8.46. The molecule has 5 nitrogen and oxygen atoms in total. The number of rotatable bonds is 1. The van der Waals surface area contributed by atoms with Crippen LogP contribution in [0.2, 0.25) is 0 Å². The average molecular weight is 211 g/mol. The fraction of sp³-hybridized carbons (Fsp3) is 0. The molecule has 2 aromatic rings. The van der Waals surface area contributed by atoms with E-state index in [1.54, 1.807) is 18.6 Å². The van der Waals surface area contributed by atoms with E-state index in [9.17, 15) is 0 Å². The quantitative estimate of drug-likeness (QED) is 0.324. The molecular weight excluding hydrogens is 202 g/mol. The van der Waals surface area contributed by atoms with E-state index < -0.39 is 0 Å². The summed E-state index contributed by atoms with van der Waals surface area (Å²) in [6.45, 7) is 0. The smallest absolute Gasteiger partial charge is 0.214 e. The van der Waals surface area contributed by atoms with Gasteiger partial charge in [-0.1, -0.05) is 30.3 Å². The lowest BCUT2D eigenvalue weighted by Gasteiger charge is -2.06. The van der Waals surface area contributed by atoms with Gasteiger partial charge in [0.2, 0.25) is 5.96 Å². The Labute approximate surface area is 92.5 Å². The van der Waals surface area contributed by atoms with Crippen molar-refractivity contribution >= 4 is 5.96 Å². The van der Waals surface area contributed by atoms with Gasteiger partial charge < -0.3 is 0 Å². The summed E-state index contributed by atoms with van der Waals surface area (Å²) in [5.41, 5.74) is 0.900. The normalized spacial score (nSPS) is 9.44. The van der Waals surface area contributed by atoms with Crippen molar-refractivity contribution in [2.75, 3.05) is 0 Å². The van der Waals surface area contributed by atoms with Crippen molar-refractivity contribution in [2.45, 2.75) is 0 Å². The highest BCUT2D eigenvalue weighted by Crippen LogP contribution is 2.15. The summed E-state index contributed by atoms with van der Waals surface area (Å²) in [6.07, 6.45) is 4.94. The predicted octanol–water partition coefficient (Wildman–Crippen LogP) is 1.40. The first kappa shape index (κ1) is 9.93. The first-order chi connectivity index (χ1) is 7.83. The molecule has 0 radical (unpaired) electrons. The first-order valence-electron chi connectivity index (χ1n) is 4.65. The fourth-order valence-corrected chi connectivity index (χ4v) is 1.40. The summed E-state index contributed by atoms with van der Waals surface area (Å²) in [7, 11) is 0. The zero-order valence-corrected chi connectivity index (χ0v) is 8.38. The van der Waals surface area contributed by atoms with Crippen molar-refractivity contribution in [3.8, 4) is 17.6 Å². The van der Waals surface area contributed by atoms with Gasteiger partial charge >= 0.3 is 0 Å². The van der Waals surface area contributed by atoms with Gasteiger partial charge in [0.1, 0.15) is 5.82 Å². The first-order valence-corrected chi connectivity index (χ1v) is 4.65. The van der Waals surface area contributed by atoms with Crippen LogP contribution in [0.5, 0.6) is 0 Å². The molecule has 0 spiro atoms. The molecule has 0 aliphatic carbocycles. The molecule has 0 aliphatic heterocycles. The van der Waals surface area contributed by atoms with Gasteiger partial charge in [0, 0.05) is 18.0 Å². The second-order valence-electron chi connectivity index (χ2n) is 3.07. The molecule has 0 unspecified atom stereocenters. The van der Waals surface area contributed by atoms with Crippen LogP contribution in [0.15, 0.2) is 42.7 Å². The lowest BCUT2D eigenvalue weighted by Crippen LogP contribution is -2.25. The van der Waals surface area contributed by atoms with Gasteiger partial charge in [0.05, 0.1) is 0 Å². The minimum Gasteiger partial charge on any atom is -0.269 e. The lowest BCUT2D eigenvalue weighted by molar-refractivity contribution is 1.03. The van der Waals surface area contributed by atoms with Crippen molar-refractivity contribution < 1.29 is 0 Å². The van der Waals surface area contributed by atoms with Crippen molar-refractivity contribution in [2.24, 2.45) is 0 Å². The van der Waals surface area contributed by atoms with E-state index in [1.807, 2.05) is 30.3 Å². The largest absolute Gasteiger partial charge is 0.269 e. The molecule has 0 amide bonds. The molecule has 0 bridgehead atoms. The van der Waals surface area contributed by atoms with E-state index in [0.717, 1.165) is 5.56 Å². The Morgan fingerprint density at radius 3 is 2.81 bits per heavy atom. The van der Waals surface area contributed by atoms with Gasteiger partial charge in [-0.05, 0) is 0 Å². The van der Waals surface area contributed by atoms with Gasteiger partial charge in [0.25, 0.3) is 0 Å². The van der Waals surface area contributed by atoms with Crippen LogP contribution >= 0.6 is 0 Å². The third kappa shape index (κ3) is 1.77. The molecule has 0 atom stereocenters. The van der Waals surface area contributed by atoms with Crippen LogP contribution in [0.4, 0.5) is 0 Å². The maximum absolute atomic E-state index is 8.46. The summed E-state index contributed by atoms with van der Waals surface area (Å²) in [4.78, 5) is 4.16. The number of hydrogen-bond acceptors (Lipinski definition) is 3. The number of nitriles is 1. The summed E-state index contributed by atoms with van der Waals surface area (Å²) >= 11 is 0. The summed E-state index contributed by atoms with van der Waals surface area (Å²) in [5, 5.41) is 18.4. The van der Waals surface area contributed by atoms with Crippen LogP contribution in [0.3, 0.4) is 0 Å². The minimum absolute atomic E-state index is 0.0150. The molecule has 0 saturated carbocycles. The van der Waals surface area contributed by atoms with E-state index in [1.165, 1.54) is 4.57 Å². The standard InChI is InChI=1S/C11H9N5/c12-8-15-11(13)16-7-6-14-10(16)9-4-2-1-3-5-9/h1-7H,(H2,13,15). The van der Waals surface area contributed by atoms with Gasteiger partial charge in [-0.15, -0.1) is 0 Å². The summed E-state index contributed by atoms with van der Waals surface area (Å²) < 4.78 is 1.51. The second kappa shape index (κ2) is 4.28. The van der Waals surface area contributed by atoms with E-state index in [-0.39, 0.29) is 5.96 Å². The minimum atomic E-state index is -0.0150. The molecule has 16 heavy (non-hydrogen) atoms. The summed E-state index contributed by atoms with van der Waals surface area (Å²) in [6, 6.07) is 9.51. The molecule has 0 aliphatic rings. The summed E-state index contributed by atoms with van der Waals surface area (Å²) in [5.74, 6) is 0.618. The Bertz CT molecular complexity index is 535. The number of imidazole rings is 1. The van der Waals surface area contributed by atoms with Crippen LogP contribution < -0.4 is 5.32 Å². The Balaban J connectivity index is 2.41. The third-order valence-corrected chi connectivity index (χ3v) is 2.09. The van der Waals surface area contributed by atoms with Crippen LogP contribution in [-0.2, 0) is 0 Å². The molecule has 0 saturated heterocycles. The molecule has 2 rings (SSSR count). The number of nitrogens with one attached hydrogen (secondary N) is 2. The highest BCUT2D eigenvalue weighted by Gasteiger charge is 2.08. The number of benzene rings is 1. The van der Waals surface area contributed by atoms with E-state index in [2.05, 4.69) is 10.3 Å². The van der Waals surface area contributed by atoms with Crippen LogP contribution in [-0.4, -0.2) is 15.5 Å². The van der Waals surface area contributed by atoms with Crippen LogP contribution in [0.25, 0.3) is 11.4 Å². The zero-order chi connectivity index (χ0) is 11.4. The fourth-order valence-electron chi connectivity index (χ4n) is 1.40. The SMILES string of the molecule is N#CNC(=N)n1ccnc1-c1ccccc1. The van der Waals surface area contributed by atoms with Crippen LogP contribution in [0.1, 0.15) is 0 Å². The molecule has 1 heterocycles. The Kier molecular flexibility index (Phi) is 2.65. The second-order valence-corrected chi connectivity index (χ2v) is 3.07. The zero-order valence-electron chi connectivity index (χ0n) is 8.38. The molecule has 2 N–H and O–H groups in total. The van der Waals surface area contributed by atoms with Crippen molar-refractivity contribution in [1.29, 1.82) is 10.7 Å². The maximum Gasteiger partial charge on any atom is 0.214 e. The van der Waals surface area contributed by atoms with E-state index >= 15 is 0 Å². The topological polar surface area (TPSA) is 77.5 Å². The average Bonchev–Trinajstić information content (AvgIpc) is 2.79. The van der Waals surface area contributed by atoms with Gasteiger partial charge in [-0.2, -0.15) is 5.26 Å². The monoisotopic (exact) mass is 211 g/mol. The molecule has 1 aromatic heterocycles. The van der Waals surface area contributed by atoms with Crippen molar-refractivity contribution in [3.63, 3.8) is 0 Å². The highest BCUT2D eigenvalue weighted by atomic mass is 15.2. The van der Waals surface area contributed by atoms with Gasteiger partial charge in [-0.3, -0.25) is 15.3 Å². The molecule has 5 heteroatoms. The number of nitrogens with zero attached hydrogens (tertiary/aromatic N) is 3. The molecule has 0 fully saturated rings. The lowest BCUT2D eigenvalue weighted by atomic mass is 10.2. The van der Waals surface area contributed by atoms with Crippen LogP contribution in [0, 0.1) is 16.9 Å². The Morgan fingerprint density at radius 2 is 2.12 bits per heavy atom. The molecular formula is C11H9N5. The van der Waals surface area contributed by atoms with E-state index in [0.29, 0.717) is 5.82 Å². The predicted molar refractivity (Wildman–Crippen MR) is 59.5 cm³/mol. The highest BCUT2D eigenvalue weighted by molar-refractivity contribution is 5.84.